The molecule has 0 spiro atoms. The van der Waals surface area contributed by atoms with Gasteiger partial charge in [-0.1, -0.05) is 15.9 Å². The highest BCUT2D eigenvalue weighted by molar-refractivity contribution is 9.10. The SMILES string of the molecule is CONCc1c(Br)cc(C=O)c(OC)c1OC. The maximum absolute atomic E-state index is 10.9. The van der Waals surface area contributed by atoms with E-state index in [4.69, 9.17) is 14.3 Å². The van der Waals surface area contributed by atoms with Crippen molar-refractivity contribution >= 4 is 22.2 Å². The number of nitrogens with one attached hydrogen (secondary N) is 1. The van der Waals surface area contributed by atoms with Crippen molar-refractivity contribution in [1.29, 1.82) is 0 Å². The van der Waals surface area contributed by atoms with E-state index >= 15 is 0 Å². The van der Waals surface area contributed by atoms with E-state index in [9.17, 15) is 4.79 Å². The van der Waals surface area contributed by atoms with E-state index in [2.05, 4.69) is 21.4 Å². The molecular formula is C11H14BrNO4. The first-order chi connectivity index (χ1) is 8.19. The van der Waals surface area contributed by atoms with Crippen molar-refractivity contribution in [2.75, 3.05) is 21.3 Å². The Balaban J connectivity index is 3.32. The minimum atomic E-state index is 0.415. The zero-order chi connectivity index (χ0) is 12.8. The highest BCUT2D eigenvalue weighted by Gasteiger charge is 2.18. The Labute approximate surface area is 108 Å². The Morgan fingerprint density at radius 2 is 1.94 bits per heavy atom. The molecule has 0 saturated heterocycles. The van der Waals surface area contributed by atoms with Crippen LogP contribution in [0.3, 0.4) is 0 Å². The van der Waals surface area contributed by atoms with Gasteiger partial charge in [0, 0.05) is 10.0 Å². The highest BCUT2D eigenvalue weighted by Crippen LogP contribution is 2.38. The van der Waals surface area contributed by atoms with Gasteiger partial charge in [0.15, 0.2) is 17.8 Å². The van der Waals surface area contributed by atoms with Crippen LogP contribution in [-0.2, 0) is 11.4 Å². The number of rotatable bonds is 6. The summed E-state index contributed by atoms with van der Waals surface area (Å²) in [4.78, 5) is 15.7. The normalized spacial score (nSPS) is 10.1. The Morgan fingerprint density at radius 1 is 1.29 bits per heavy atom. The van der Waals surface area contributed by atoms with Gasteiger partial charge >= 0.3 is 0 Å². The zero-order valence-electron chi connectivity index (χ0n) is 9.87. The smallest absolute Gasteiger partial charge is 0.171 e. The van der Waals surface area contributed by atoms with Crippen LogP contribution in [0.25, 0.3) is 0 Å². The molecule has 94 valence electrons. The number of carbonyl (C=O) groups excluding carboxylic acids is 1. The molecule has 0 aromatic heterocycles. The average Bonchev–Trinajstić information content (AvgIpc) is 2.35. The maximum Gasteiger partial charge on any atom is 0.171 e. The molecule has 0 saturated carbocycles. The molecule has 0 radical (unpaired) electrons. The highest BCUT2D eigenvalue weighted by atomic mass is 79.9. The first-order valence-electron chi connectivity index (χ1n) is 4.83. The zero-order valence-corrected chi connectivity index (χ0v) is 11.5. The van der Waals surface area contributed by atoms with Crippen molar-refractivity contribution in [3.05, 3.63) is 21.7 Å². The number of hydrogen-bond donors (Lipinski definition) is 1. The van der Waals surface area contributed by atoms with E-state index in [-0.39, 0.29) is 0 Å². The number of ether oxygens (including phenoxy) is 2. The van der Waals surface area contributed by atoms with Crippen molar-refractivity contribution in [2.45, 2.75) is 6.54 Å². The summed E-state index contributed by atoms with van der Waals surface area (Å²) in [5, 5.41) is 0. The average molecular weight is 304 g/mol. The fraction of sp³-hybridized carbons (Fsp3) is 0.364. The van der Waals surface area contributed by atoms with E-state index in [1.807, 2.05) is 0 Å². The minimum absolute atomic E-state index is 0.415. The lowest BCUT2D eigenvalue weighted by Gasteiger charge is -2.16. The largest absolute Gasteiger partial charge is 0.492 e. The van der Waals surface area contributed by atoms with Gasteiger partial charge < -0.3 is 14.3 Å². The van der Waals surface area contributed by atoms with Crippen LogP contribution in [0.5, 0.6) is 11.5 Å². The second-order valence-corrected chi connectivity index (χ2v) is 3.99. The first-order valence-corrected chi connectivity index (χ1v) is 5.63. The lowest BCUT2D eigenvalue weighted by Crippen LogP contribution is -2.13. The summed E-state index contributed by atoms with van der Waals surface area (Å²) in [5.41, 5.74) is 3.96. The summed E-state index contributed by atoms with van der Waals surface area (Å²) in [7, 11) is 4.54. The number of hydroxylamine groups is 1. The molecule has 6 heteroatoms. The number of benzene rings is 1. The predicted molar refractivity (Wildman–Crippen MR) is 66.5 cm³/mol. The summed E-state index contributed by atoms with van der Waals surface area (Å²) in [5.74, 6) is 0.923. The van der Waals surface area contributed by atoms with E-state index in [1.165, 1.54) is 21.3 Å². The molecule has 0 aliphatic rings. The first kappa shape index (κ1) is 14.0. The molecule has 17 heavy (non-hydrogen) atoms. The van der Waals surface area contributed by atoms with Crippen LogP contribution in [0, 0.1) is 0 Å². The van der Waals surface area contributed by atoms with Crippen LogP contribution in [-0.4, -0.2) is 27.6 Å². The van der Waals surface area contributed by atoms with Crippen LogP contribution in [0.4, 0.5) is 0 Å². The molecule has 0 fully saturated rings. The summed E-state index contributed by atoms with van der Waals surface area (Å²) in [6.45, 7) is 0.426. The quantitative estimate of drug-likeness (QED) is 0.643. The molecule has 1 rings (SSSR count). The lowest BCUT2D eigenvalue weighted by atomic mass is 10.1. The number of halogens is 1. The molecule has 1 aromatic rings. The molecular weight excluding hydrogens is 290 g/mol. The van der Waals surface area contributed by atoms with Crippen LogP contribution >= 0.6 is 15.9 Å². The summed E-state index contributed by atoms with van der Waals surface area (Å²) >= 11 is 3.38. The molecule has 5 nitrogen and oxygen atoms in total. The van der Waals surface area contributed by atoms with Crippen molar-refractivity contribution < 1.29 is 19.1 Å². The third-order valence-electron chi connectivity index (χ3n) is 2.24. The number of methoxy groups -OCH3 is 2. The van der Waals surface area contributed by atoms with Crippen molar-refractivity contribution in [2.24, 2.45) is 0 Å². The van der Waals surface area contributed by atoms with Gasteiger partial charge in [0.25, 0.3) is 0 Å². The third-order valence-corrected chi connectivity index (χ3v) is 2.95. The van der Waals surface area contributed by atoms with Gasteiger partial charge in [0.1, 0.15) is 0 Å². The Bertz CT molecular complexity index is 409. The molecule has 0 unspecified atom stereocenters. The molecule has 0 amide bonds. The van der Waals surface area contributed by atoms with Gasteiger partial charge in [-0.3, -0.25) is 4.79 Å². The Kier molecular flexibility index (Phi) is 5.40. The minimum Gasteiger partial charge on any atom is -0.492 e. The van der Waals surface area contributed by atoms with E-state index in [0.29, 0.717) is 23.6 Å². The van der Waals surface area contributed by atoms with E-state index in [1.54, 1.807) is 6.07 Å². The summed E-state index contributed by atoms with van der Waals surface area (Å²) < 4.78 is 11.2. The van der Waals surface area contributed by atoms with Crippen LogP contribution in [0.15, 0.2) is 10.5 Å². The molecule has 0 aliphatic carbocycles. The lowest BCUT2D eigenvalue weighted by molar-refractivity contribution is 0.0858. The molecule has 0 atom stereocenters. The molecule has 0 bridgehead atoms. The molecule has 0 heterocycles. The standard InChI is InChI=1S/C11H14BrNO4/c1-15-10-7(6-14)4-9(12)8(5-13-17-3)11(10)16-2/h4,6,13H,5H2,1-3H3. The number of carbonyl (C=O) groups is 1. The molecule has 1 N–H and O–H groups in total. The molecule has 1 aromatic carbocycles. The topological polar surface area (TPSA) is 56.8 Å². The van der Waals surface area contributed by atoms with Gasteiger partial charge in [-0.15, -0.1) is 0 Å². The molecule has 0 aliphatic heterocycles. The van der Waals surface area contributed by atoms with Crippen LogP contribution in [0.1, 0.15) is 15.9 Å². The van der Waals surface area contributed by atoms with Gasteiger partial charge in [-0.2, -0.15) is 5.48 Å². The van der Waals surface area contributed by atoms with Crippen LogP contribution in [0.2, 0.25) is 0 Å². The fourth-order valence-electron chi connectivity index (χ4n) is 1.49. The van der Waals surface area contributed by atoms with Crippen LogP contribution < -0.4 is 15.0 Å². The fourth-order valence-corrected chi connectivity index (χ4v) is 2.06. The predicted octanol–water partition coefficient (Wildman–Crippen LogP) is 1.93. The van der Waals surface area contributed by atoms with Crippen molar-refractivity contribution in [3.8, 4) is 11.5 Å². The summed E-state index contributed by atoms with van der Waals surface area (Å²) in [6.07, 6.45) is 0.722. The Hall–Kier alpha value is -1.11. The van der Waals surface area contributed by atoms with Crippen molar-refractivity contribution in [1.82, 2.24) is 5.48 Å². The maximum atomic E-state index is 10.9. The van der Waals surface area contributed by atoms with E-state index in [0.717, 1.165) is 16.3 Å². The second-order valence-electron chi connectivity index (χ2n) is 3.14. The monoisotopic (exact) mass is 303 g/mol. The summed E-state index contributed by atoms with van der Waals surface area (Å²) in [6, 6.07) is 1.68. The van der Waals surface area contributed by atoms with E-state index < -0.39 is 0 Å². The van der Waals surface area contributed by atoms with Gasteiger partial charge in [0.2, 0.25) is 0 Å². The van der Waals surface area contributed by atoms with Crippen molar-refractivity contribution in [3.63, 3.8) is 0 Å². The van der Waals surface area contributed by atoms with Gasteiger partial charge in [0.05, 0.1) is 33.4 Å². The van der Waals surface area contributed by atoms with Gasteiger partial charge in [-0.05, 0) is 6.07 Å². The number of hydrogen-bond acceptors (Lipinski definition) is 5. The Morgan fingerprint density at radius 3 is 2.41 bits per heavy atom. The van der Waals surface area contributed by atoms with Gasteiger partial charge in [-0.25, -0.2) is 0 Å². The number of aldehydes is 1. The third kappa shape index (κ3) is 2.96. The second kappa shape index (κ2) is 6.58.